The van der Waals surface area contributed by atoms with Gasteiger partial charge in [0.15, 0.2) is 0 Å². The third kappa shape index (κ3) is 2.60. The first-order valence-electron chi connectivity index (χ1n) is 7.19. The number of ether oxygens (including phenoxy) is 1. The van der Waals surface area contributed by atoms with Gasteiger partial charge in [-0.2, -0.15) is 0 Å². The minimum absolute atomic E-state index is 0.00380. The molecule has 0 aromatic heterocycles. The summed E-state index contributed by atoms with van der Waals surface area (Å²) in [4.78, 5) is 37.1. The molecule has 21 heavy (non-hydrogen) atoms. The Bertz CT molecular complexity index is 491. The summed E-state index contributed by atoms with van der Waals surface area (Å²) in [5, 5.41) is 8.00. The Morgan fingerprint density at radius 2 is 2.14 bits per heavy atom. The topological polar surface area (TPSA) is 99.8 Å². The van der Waals surface area contributed by atoms with Crippen molar-refractivity contribution in [2.75, 3.05) is 32.8 Å². The van der Waals surface area contributed by atoms with Crippen molar-refractivity contribution in [3.63, 3.8) is 0 Å². The second-order valence-corrected chi connectivity index (χ2v) is 6.25. The highest BCUT2D eigenvalue weighted by Gasteiger charge is 2.49. The number of hydrogen-bond donors (Lipinski definition) is 3. The summed E-state index contributed by atoms with van der Waals surface area (Å²) in [6.07, 6.45) is 1.23. The maximum absolute atomic E-state index is 12.2. The van der Waals surface area contributed by atoms with Crippen LogP contribution in [-0.4, -0.2) is 66.7 Å². The summed E-state index contributed by atoms with van der Waals surface area (Å²) in [6.45, 7) is 4.23. The molecule has 4 amide bonds. The van der Waals surface area contributed by atoms with Gasteiger partial charge in [0.2, 0.25) is 5.91 Å². The molecule has 0 aromatic rings. The third-order valence-electron chi connectivity index (χ3n) is 4.40. The van der Waals surface area contributed by atoms with E-state index in [1.807, 2.05) is 6.92 Å². The third-order valence-corrected chi connectivity index (χ3v) is 4.40. The van der Waals surface area contributed by atoms with Gasteiger partial charge in [-0.15, -0.1) is 0 Å². The van der Waals surface area contributed by atoms with Gasteiger partial charge < -0.3 is 20.3 Å². The smallest absolute Gasteiger partial charge is 0.322 e. The lowest BCUT2D eigenvalue weighted by Crippen LogP contribution is -2.62. The van der Waals surface area contributed by atoms with E-state index in [9.17, 15) is 14.4 Å². The monoisotopic (exact) mass is 296 g/mol. The summed E-state index contributed by atoms with van der Waals surface area (Å²) < 4.78 is 5.64. The molecule has 3 heterocycles. The molecule has 0 aliphatic carbocycles. The number of piperidine rings is 1. The molecule has 3 rings (SSSR count). The molecule has 3 saturated heterocycles. The first kappa shape index (κ1) is 14.3. The van der Waals surface area contributed by atoms with E-state index in [2.05, 4.69) is 16.0 Å². The van der Waals surface area contributed by atoms with Crippen LogP contribution in [-0.2, 0) is 14.3 Å². The van der Waals surface area contributed by atoms with Gasteiger partial charge in [0.25, 0.3) is 5.91 Å². The van der Waals surface area contributed by atoms with Gasteiger partial charge in [-0.3, -0.25) is 14.9 Å². The van der Waals surface area contributed by atoms with Crippen LogP contribution in [0.2, 0.25) is 0 Å². The number of hydrogen-bond acceptors (Lipinski definition) is 5. The molecule has 3 N–H and O–H groups in total. The first-order chi connectivity index (χ1) is 9.92. The van der Waals surface area contributed by atoms with Crippen LogP contribution in [0.4, 0.5) is 4.79 Å². The van der Waals surface area contributed by atoms with E-state index in [-0.39, 0.29) is 30.6 Å². The Morgan fingerprint density at radius 3 is 2.71 bits per heavy atom. The number of amides is 4. The molecule has 0 saturated carbocycles. The van der Waals surface area contributed by atoms with Crippen molar-refractivity contribution in [1.82, 2.24) is 20.9 Å². The van der Waals surface area contributed by atoms with E-state index < -0.39 is 11.6 Å². The van der Waals surface area contributed by atoms with E-state index in [1.165, 1.54) is 0 Å². The van der Waals surface area contributed by atoms with Gasteiger partial charge in [-0.05, 0) is 19.8 Å². The standard InChI is InChI=1S/C13H20N4O4/c1-12(6-14-7-12)21-5-9(18)17-4-2-3-13(8-17)10(19)15-11(20)16-13/h14H,2-8H2,1H3,(H2,15,16,19,20). The van der Waals surface area contributed by atoms with Crippen LogP contribution < -0.4 is 16.0 Å². The summed E-state index contributed by atoms with van der Waals surface area (Å²) in [5.74, 6) is -0.489. The molecule has 8 nitrogen and oxygen atoms in total. The zero-order chi connectivity index (χ0) is 15.1. The minimum Gasteiger partial charge on any atom is -0.363 e. The highest BCUT2D eigenvalue weighted by atomic mass is 16.5. The Morgan fingerprint density at radius 1 is 1.38 bits per heavy atom. The molecular weight excluding hydrogens is 276 g/mol. The second-order valence-electron chi connectivity index (χ2n) is 6.25. The lowest BCUT2D eigenvalue weighted by atomic mass is 9.89. The molecule has 1 unspecified atom stereocenters. The zero-order valence-corrected chi connectivity index (χ0v) is 12.0. The summed E-state index contributed by atoms with van der Waals surface area (Å²) in [6, 6.07) is -0.487. The Kier molecular flexibility index (Phi) is 3.37. The lowest BCUT2D eigenvalue weighted by molar-refractivity contribution is -0.149. The molecule has 0 radical (unpaired) electrons. The molecule has 3 aliphatic rings. The van der Waals surface area contributed by atoms with Crippen molar-refractivity contribution in [3.05, 3.63) is 0 Å². The van der Waals surface area contributed by atoms with E-state index in [4.69, 9.17) is 4.74 Å². The minimum atomic E-state index is -0.965. The molecular formula is C13H20N4O4. The van der Waals surface area contributed by atoms with Gasteiger partial charge in [0, 0.05) is 19.6 Å². The van der Waals surface area contributed by atoms with Crippen LogP contribution >= 0.6 is 0 Å². The Hall–Kier alpha value is -1.67. The number of carbonyl (C=O) groups excluding carboxylic acids is 3. The van der Waals surface area contributed by atoms with Crippen LogP contribution in [0.3, 0.4) is 0 Å². The Balaban J connectivity index is 1.59. The predicted molar refractivity (Wildman–Crippen MR) is 72.4 cm³/mol. The fourth-order valence-electron chi connectivity index (χ4n) is 2.99. The van der Waals surface area contributed by atoms with E-state index in [0.29, 0.717) is 19.4 Å². The average Bonchev–Trinajstić information content (AvgIpc) is 2.68. The fraction of sp³-hybridized carbons (Fsp3) is 0.769. The molecule has 3 fully saturated rings. The number of rotatable bonds is 3. The molecule has 116 valence electrons. The van der Waals surface area contributed by atoms with Crippen molar-refractivity contribution >= 4 is 17.8 Å². The van der Waals surface area contributed by atoms with Crippen LogP contribution in [0.5, 0.6) is 0 Å². The molecule has 1 atom stereocenters. The highest BCUT2D eigenvalue weighted by Crippen LogP contribution is 2.25. The fourth-order valence-corrected chi connectivity index (χ4v) is 2.99. The Labute approximate surface area is 122 Å². The maximum atomic E-state index is 12.2. The van der Waals surface area contributed by atoms with Crippen LogP contribution in [0.1, 0.15) is 19.8 Å². The number of urea groups is 1. The van der Waals surface area contributed by atoms with Gasteiger partial charge in [0.1, 0.15) is 12.1 Å². The average molecular weight is 296 g/mol. The summed E-state index contributed by atoms with van der Waals surface area (Å²) >= 11 is 0. The number of nitrogens with zero attached hydrogens (tertiary/aromatic N) is 1. The van der Waals surface area contributed by atoms with Crippen molar-refractivity contribution in [3.8, 4) is 0 Å². The van der Waals surface area contributed by atoms with E-state index in [1.54, 1.807) is 4.90 Å². The van der Waals surface area contributed by atoms with Crippen molar-refractivity contribution in [1.29, 1.82) is 0 Å². The molecule has 0 bridgehead atoms. The molecule has 1 spiro atoms. The number of nitrogens with one attached hydrogen (secondary N) is 3. The van der Waals surface area contributed by atoms with Crippen molar-refractivity contribution in [2.45, 2.75) is 30.9 Å². The highest BCUT2D eigenvalue weighted by molar-refractivity contribution is 6.07. The van der Waals surface area contributed by atoms with Gasteiger partial charge in [0.05, 0.1) is 12.1 Å². The quantitative estimate of drug-likeness (QED) is 0.554. The SMILES string of the molecule is CC1(OCC(=O)N2CCCC3(C2)NC(=O)NC3=O)CNC1. The van der Waals surface area contributed by atoms with Crippen molar-refractivity contribution in [2.24, 2.45) is 0 Å². The normalized spacial score (nSPS) is 30.8. The van der Waals surface area contributed by atoms with Crippen LogP contribution in [0.15, 0.2) is 0 Å². The summed E-state index contributed by atoms with van der Waals surface area (Å²) in [7, 11) is 0. The van der Waals surface area contributed by atoms with Gasteiger partial charge in [-0.25, -0.2) is 4.79 Å². The van der Waals surface area contributed by atoms with Crippen LogP contribution in [0, 0.1) is 0 Å². The second kappa shape index (κ2) is 4.96. The van der Waals surface area contributed by atoms with Crippen molar-refractivity contribution < 1.29 is 19.1 Å². The lowest BCUT2D eigenvalue weighted by Gasteiger charge is -2.41. The molecule has 3 aliphatic heterocycles. The number of carbonyl (C=O) groups is 3. The number of imide groups is 1. The van der Waals surface area contributed by atoms with E-state index >= 15 is 0 Å². The first-order valence-corrected chi connectivity index (χ1v) is 7.19. The zero-order valence-electron chi connectivity index (χ0n) is 12.0. The van der Waals surface area contributed by atoms with Gasteiger partial charge >= 0.3 is 6.03 Å². The maximum Gasteiger partial charge on any atom is 0.322 e. The predicted octanol–water partition coefficient (Wildman–Crippen LogP) is -1.43. The number of likely N-dealkylation sites (tertiary alicyclic amines) is 1. The largest absolute Gasteiger partial charge is 0.363 e. The summed E-state index contributed by atoms with van der Waals surface area (Å²) in [5.41, 5.74) is -1.24. The molecule has 8 heteroatoms. The molecule has 0 aromatic carbocycles. The van der Waals surface area contributed by atoms with Crippen LogP contribution in [0.25, 0.3) is 0 Å². The van der Waals surface area contributed by atoms with Gasteiger partial charge in [-0.1, -0.05) is 0 Å². The van der Waals surface area contributed by atoms with E-state index in [0.717, 1.165) is 13.1 Å².